The molecule has 1 saturated heterocycles. The van der Waals surface area contributed by atoms with Gasteiger partial charge in [0.1, 0.15) is 30.2 Å². The summed E-state index contributed by atoms with van der Waals surface area (Å²) in [7, 11) is 0. The number of aliphatic hydroxyl groups is 2. The van der Waals surface area contributed by atoms with E-state index in [0.717, 1.165) is 4.57 Å². The van der Waals surface area contributed by atoms with Gasteiger partial charge in [-0.1, -0.05) is 0 Å². The monoisotopic (exact) mass is 286 g/mol. The van der Waals surface area contributed by atoms with Crippen LogP contribution in [0.2, 0.25) is 0 Å². The molecule has 3 N–H and O–H groups in total. The number of aromatic amines is 1. The normalized spacial score (nSPS) is 40.0. The number of aliphatic hydroxyl groups excluding tert-OH is 1. The molecule has 2 fully saturated rings. The Morgan fingerprint density at radius 3 is 2.85 bits per heavy atom. The first-order valence-corrected chi connectivity index (χ1v) is 6.34. The van der Waals surface area contributed by atoms with Crippen LogP contribution in [0, 0.1) is 6.92 Å². The molecule has 1 aromatic rings. The summed E-state index contributed by atoms with van der Waals surface area (Å²) in [6.07, 6.45) is -3.77. The lowest BCUT2D eigenvalue weighted by Crippen LogP contribution is -2.38. The molecule has 1 aliphatic carbocycles. The smallest absolute Gasteiger partial charge is 0.330 e. The Morgan fingerprint density at radius 2 is 2.20 bits per heavy atom. The Morgan fingerprint density at radius 1 is 1.50 bits per heavy atom. The van der Waals surface area contributed by atoms with Crippen molar-refractivity contribution in [2.24, 2.45) is 0 Å². The number of halogens is 1. The van der Waals surface area contributed by atoms with Gasteiger partial charge in [0.05, 0.1) is 0 Å². The van der Waals surface area contributed by atoms with E-state index in [0.29, 0.717) is 5.56 Å². The highest BCUT2D eigenvalue weighted by Gasteiger charge is 2.59. The molecular weight excluding hydrogens is 271 g/mol. The molecule has 20 heavy (non-hydrogen) atoms. The minimum Gasteiger partial charge on any atom is -0.387 e. The number of fused-ring (bicyclic) bond motifs is 1. The Kier molecular flexibility index (Phi) is 2.86. The van der Waals surface area contributed by atoms with Crippen molar-refractivity contribution >= 4 is 0 Å². The third kappa shape index (κ3) is 1.83. The lowest BCUT2D eigenvalue weighted by Gasteiger charge is -2.19. The summed E-state index contributed by atoms with van der Waals surface area (Å²) in [5.41, 5.74) is -2.33. The van der Waals surface area contributed by atoms with Crippen molar-refractivity contribution in [1.82, 2.24) is 9.55 Å². The first-order chi connectivity index (χ1) is 9.32. The Labute approximate surface area is 112 Å². The molecule has 0 amide bonds. The van der Waals surface area contributed by atoms with Gasteiger partial charge in [-0.3, -0.25) is 14.3 Å². The van der Waals surface area contributed by atoms with Crippen molar-refractivity contribution in [3.8, 4) is 0 Å². The molecule has 0 aromatic carbocycles. The van der Waals surface area contributed by atoms with E-state index in [1.165, 1.54) is 13.1 Å². The van der Waals surface area contributed by atoms with Crippen molar-refractivity contribution in [1.29, 1.82) is 0 Å². The molecule has 8 heteroatoms. The van der Waals surface area contributed by atoms with E-state index < -0.39 is 41.5 Å². The van der Waals surface area contributed by atoms with Gasteiger partial charge in [0.2, 0.25) is 0 Å². The van der Waals surface area contributed by atoms with E-state index in [2.05, 4.69) is 4.98 Å². The number of nitrogens with one attached hydrogen (secondary N) is 1. The van der Waals surface area contributed by atoms with E-state index in [1.54, 1.807) is 0 Å². The van der Waals surface area contributed by atoms with Gasteiger partial charge in [0, 0.05) is 24.6 Å². The SMILES string of the molecule is Cc1cn([C@H]2C[C@@]3(O)C[C@@H](F)[C@@H](O)[C@H]3O2)c(=O)[nH]c1=O. The average molecular weight is 286 g/mol. The minimum absolute atomic E-state index is 0.0134. The fourth-order valence-electron chi connectivity index (χ4n) is 2.97. The zero-order valence-electron chi connectivity index (χ0n) is 10.7. The van der Waals surface area contributed by atoms with Gasteiger partial charge in [-0.25, -0.2) is 9.18 Å². The number of aryl methyl sites for hydroxylation is 1. The van der Waals surface area contributed by atoms with E-state index in [1.807, 2.05) is 0 Å². The van der Waals surface area contributed by atoms with Crippen LogP contribution in [0.1, 0.15) is 24.6 Å². The van der Waals surface area contributed by atoms with Crippen molar-refractivity contribution in [3.05, 3.63) is 32.6 Å². The van der Waals surface area contributed by atoms with Crippen LogP contribution in [-0.2, 0) is 4.74 Å². The van der Waals surface area contributed by atoms with Crippen LogP contribution in [0.25, 0.3) is 0 Å². The second-order valence-corrected chi connectivity index (χ2v) is 5.51. The van der Waals surface area contributed by atoms with E-state index >= 15 is 0 Å². The summed E-state index contributed by atoms with van der Waals surface area (Å²) in [6, 6.07) is 0. The van der Waals surface area contributed by atoms with Crippen LogP contribution in [0.15, 0.2) is 15.8 Å². The highest BCUT2D eigenvalue weighted by molar-refractivity contribution is 5.09. The molecule has 1 aliphatic heterocycles. The molecule has 0 spiro atoms. The molecule has 0 bridgehead atoms. The summed E-state index contributed by atoms with van der Waals surface area (Å²) >= 11 is 0. The molecule has 0 unspecified atom stereocenters. The number of hydrogen-bond donors (Lipinski definition) is 3. The summed E-state index contributed by atoms with van der Waals surface area (Å²) in [5.74, 6) is 0. The third-order valence-electron chi connectivity index (χ3n) is 4.05. The predicted molar refractivity (Wildman–Crippen MR) is 65.1 cm³/mol. The maximum absolute atomic E-state index is 13.4. The van der Waals surface area contributed by atoms with Gasteiger partial charge in [-0.15, -0.1) is 0 Å². The van der Waals surface area contributed by atoms with Crippen LogP contribution < -0.4 is 11.2 Å². The second kappa shape index (κ2) is 4.24. The molecule has 2 aliphatic rings. The van der Waals surface area contributed by atoms with Crippen LogP contribution in [0.3, 0.4) is 0 Å². The molecule has 5 atom stereocenters. The maximum atomic E-state index is 13.4. The molecule has 2 heterocycles. The third-order valence-corrected chi connectivity index (χ3v) is 4.05. The molecule has 110 valence electrons. The van der Waals surface area contributed by atoms with Gasteiger partial charge in [-0.05, 0) is 6.92 Å². The van der Waals surface area contributed by atoms with Crippen molar-refractivity contribution in [2.75, 3.05) is 0 Å². The van der Waals surface area contributed by atoms with Gasteiger partial charge in [0.15, 0.2) is 0 Å². The van der Waals surface area contributed by atoms with Crippen LogP contribution in [-0.4, -0.2) is 43.7 Å². The number of rotatable bonds is 1. The first kappa shape index (κ1) is 13.5. The molecule has 3 rings (SSSR count). The van der Waals surface area contributed by atoms with Gasteiger partial charge < -0.3 is 14.9 Å². The Hall–Kier alpha value is -1.51. The quantitative estimate of drug-likeness (QED) is 0.612. The fourth-order valence-corrected chi connectivity index (χ4v) is 2.97. The maximum Gasteiger partial charge on any atom is 0.330 e. The zero-order chi connectivity index (χ0) is 14.7. The summed E-state index contributed by atoms with van der Waals surface area (Å²) in [5, 5.41) is 20.0. The largest absolute Gasteiger partial charge is 0.387 e. The Bertz CT molecular complexity index is 656. The summed E-state index contributed by atoms with van der Waals surface area (Å²) < 4.78 is 20.0. The van der Waals surface area contributed by atoms with Crippen LogP contribution >= 0.6 is 0 Å². The number of nitrogens with zero attached hydrogens (tertiary/aromatic N) is 1. The summed E-state index contributed by atoms with van der Waals surface area (Å²) in [4.78, 5) is 25.2. The molecule has 0 radical (unpaired) electrons. The van der Waals surface area contributed by atoms with Gasteiger partial charge >= 0.3 is 5.69 Å². The molecule has 1 aromatic heterocycles. The Balaban J connectivity index is 1.95. The topological polar surface area (TPSA) is 105 Å². The number of H-pyrrole nitrogens is 1. The highest BCUT2D eigenvalue weighted by atomic mass is 19.1. The lowest BCUT2D eigenvalue weighted by atomic mass is 9.97. The van der Waals surface area contributed by atoms with E-state index in [4.69, 9.17) is 4.74 Å². The van der Waals surface area contributed by atoms with Crippen molar-refractivity contribution in [3.63, 3.8) is 0 Å². The van der Waals surface area contributed by atoms with Crippen LogP contribution in [0.5, 0.6) is 0 Å². The minimum atomic E-state index is -1.54. The number of aromatic nitrogens is 2. The average Bonchev–Trinajstić information content (AvgIpc) is 2.79. The van der Waals surface area contributed by atoms with E-state index in [-0.39, 0.29) is 12.8 Å². The highest BCUT2D eigenvalue weighted by Crippen LogP contribution is 2.47. The van der Waals surface area contributed by atoms with Crippen LogP contribution in [0.4, 0.5) is 4.39 Å². The molecule has 7 nitrogen and oxygen atoms in total. The number of alkyl halides is 1. The first-order valence-electron chi connectivity index (χ1n) is 6.34. The zero-order valence-corrected chi connectivity index (χ0v) is 10.7. The standard InChI is InChI=1S/C12H15FN2O5/c1-5-4-15(11(18)14-10(5)17)7-3-12(19)2-6(13)8(16)9(12)20-7/h4,6-9,16,19H,2-3H2,1H3,(H,14,17,18)/t6-,7-,8-,9-,12+/m1/s1. The summed E-state index contributed by atoms with van der Waals surface area (Å²) in [6.45, 7) is 1.53. The fraction of sp³-hybridized carbons (Fsp3) is 0.667. The lowest BCUT2D eigenvalue weighted by molar-refractivity contribution is -0.0917. The predicted octanol–water partition coefficient (Wildman–Crippen LogP) is -1.03. The number of hydrogen-bond acceptors (Lipinski definition) is 5. The van der Waals surface area contributed by atoms with Gasteiger partial charge in [0.25, 0.3) is 5.56 Å². The van der Waals surface area contributed by atoms with E-state index in [9.17, 15) is 24.2 Å². The van der Waals surface area contributed by atoms with Crippen molar-refractivity contribution in [2.45, 2.75) is 50.0 Å². The number of ether oxygens (including phenoxy) is 1. The van der Waals surface area contributed by atoms with Crippen molar-refractivity contribution < 1.29 is 19.3 Å². The molecular formula is C12H15FN2O5. The second-order valence-electron chi connectivity index (χ2n) is 5.51. The van der Waals surface area contributed by atoms with Gasteiger partial charge in [-0.2, -0.15) is 0 Å². The molecule has 1 saturated carbocycles.